The predicted octanol–water partition coefficient (Wildman–Crippen LogP) is 3.93. The summed E-state index contributed by atoms with van der Waals surface area (Å²) in [5.41, 5.74) is 7.78. The number of benzene rings is 2. The maximum atomic E-state index is 14.2. The summed E-state index contributed by atoms with van der Waals surface area (Å²) in [6, 6.07) is 13.5. The van der Waals surface area contributed by atoms with Crippen molar-refractivity contribution in [1.29, 1.82) is 0 Å². The number of hydrogen-bond acceptors (Lipinski definition) is 10. The number of amides is 3. The topological polar surface area (TPSA) is 175 Å². The van der Waals surface area contributed by atoms with Gasteiger partial charge in [-0.25, -0.2) is 9.69 Å². The van der Waals surface area contributed by atoms with Crippen LogP contribution >= 0.6 is 0 Å². The largest absolute Gasteiger partial charge is 0.494 e. The van der Waals surface area contributed by atoms with E-state index in [2.05, 4.69) is 25.9 Å². The number of H-pyrrole nitrogens is 1. The summed E-state index contributed by atoms with van der Waals surface area (Å²) in [5.74, 6) is -0.567. The monoisotopic (exact) mass is 673 g/mol. The molecule has 1 saturated heterocycles. The number of tetrazole rings is 1. The van der Waals surface area contributed by atoms with Gasteiger partial charge in [0.05, 0.1) is 22.9 Å². The van der Waals surface area contributed by atoms with Crippen LogP contribution in [0.1, 0.15) is 79.7 Å². The smallest absolute Gasteiger partial charge is 0.444 e. The van der Waals surface area contributed by atoms with Crippen molar-refractivity contribution in [3.05, 3.63) is 54.1 Å². The van der Waals surface area contributed by atoms with Gasteiger partial charge < -0.3 is 25.1 Å². The number of aromatic nitrogens is 4. The first-order valence-electron chi connectivity index (χ1n) is 16.9. The highest BCUT2D eigenvalue weighted by atomic mass is 16.7. The molecule has 0 bridgehead atoms. The van der Waals surface area contributed by atoms with Crippen molar-refractivity contribution in [1.82, 2.24) is 25.9 Å². The molecular weight excluding hydrogens is 625 g/mol. The Morgan fingerprint density at radius 3 is 2.29 bits per heavy atom. The Morgan fingerprint density at radius 2 is 1.69 bits per heavy atom. The fourth-order valence-corrected chi connectivity index (χ4v) is 6.10. The second-order valence-electron chi connectivity index (χ2n) is 15.0. The highest BCUT2D eigenvalue weighted by Gasteiger charge is 2.51. The zero-order chi connectivity index (χ0) is 35.6. The van der Waals surface area contributed by atoms with Crippen LogP contribution in [0.3, 0.4) is 0 Å². The molecule has 2 heterocycles. The first-order valence-corrected chi connectivity index (χ1v) is 16.9. The van der Waals surface area contributed by atoms with E-state index in [4.69, 9.17) is 19.8 Å². The van der Waals surface area contributed by atoms with Gasteiger partial charge in [-0.15, -0.1) is 10.2 Å². The van der Waals surface area contributed by atoms with Gasteiger partial charge in [0.2, 0.25) is 11.7 Å². The van der Waals surface area contributed by atoms with Crippen LogP contribution in [0, 0.1) is 11.8 Å². The molecule has 0 unspecified atom stereocenters. The summed E-state index contributed by atoms with van der Waals surface area (Å²) in [7, 11) is -0.554. The number of nitrogens with zero attached hydrogens (tertiary/aromatic N) is 4. The molecule has 1 aliphatic carbocycles. The van der Waals surface area contributed by atoms with Crippen LogP contribution in [0.15, 0.2) is 48.5 Å². The minimum atomic E-state index is -0.997. The lowest BCUT2D eigenvalue weighted by molar-refractivity contribution is -0.130. The molecule has 1 aliphatic heterocycles. The summed E-state index contributed by atoms with van der Waals surface area (Å²) in [6.07, 6.45) is 2.36. The number of ether oxygens (including phenoxy) is 1. The van der Waals surface area contributed by atoms with Gasteiger partial charge >= 0.3 is 13.2 Å². The number of alkyl carbamates (subject to hydrolysis) is 1. The number of aromatic amines is 1. The van der Waals surface area contributed by atoms with Crippen molar-refractivity contribution in [2.75, 3.05) is 11.4 Å². The fourth-order valence-electron chi connectivity index (χ4n) is 6.10. The number of anilines is 1. The van der Waals surface area contributed by atoms with Gasteiger partial charge in [-0.3, -0.25) is 9.59 Å². The molecule has 2 aromatic carbocycles. The SMILES string of the molecule is CC(C)(C)OC(=O)NCC1CCC(C(=O)N(C(=O)[C@@H](N)Cc2cccc(B3OC(C)(C)C(C)(C)O3)c2)c2ccc(-c3nn[nH]n3)cc2)CC1. The third kappa shape index (κ3) is 8.73. The minimum absolute atomic E-state index is 0.202. The molecule has 0 spiro atoms. The maximum Gasteiger partial charge on any atom is 0.494 e. The quantitative estimate of drug-likeness (QED) is 0.283. The molecule has 14 heteroatoms. The lowest BCUT2D eigenvalue weighted by Gasteiger charge is -2.32. The standard InChI is InChI=1S/C35H48BN7O6/c1-33(2,3)47-32(46)38-21-22-11-13-25(14-12-22)30(44)43(27-17-15-24(16-18-27)29-39-41-42-40-29)31(45)28(37)20-23-9-8-10-26(19-23)36-48-34(4,5)35(6,7)49-36/h8-10,15-19,22,25,28H,11-14,20-21,37H2,1-7H3,(H,38,46)(H,39,40,41,42)/t22?,25?,28-/m0/s1. The second kappa shape index (κ2) is 14.4. The van der Waals surface area contributed by atoms with E-state index in [1.54, 1.807) is 24.3 Å². The minimum Gasteiger partial charge on any atom is -0.444 e. The molecule has 3 aromatic rings. The number of carbonyl (C=O) groups is 3. The highest BCUT2D eigenvalue weighted by Crippen LogP contribution is 2.37. The van der Waals surface area contributed by atoms with E-state index in [0.717, 1.165) is 23.9 Å². The first-order chi connectivity index (χ1) is 23.0. The number of nitrogens with two attached hydrogens (primary N) is 1. The maximum absolute atomic E-state index is 14.2. The average Bonchev–Trinajstić information content (AvgIpc) is 3.65. The van der Waals surface area contributed by atoms with Crippen molar-refractivity contribution in [2.24, 2.45) is 17.6 Å². The van der Waals surface area contributed by atoms with E-state index in [1.165, 1.54) is 4.90 Å². The number of nitrogens with one attached hydrogen (secondary N) is 2. The van der Waals surface area contributed by atoms with Crippen molar-refractivity contribution >= 4 is 36.2 Å². The molecule has 4 N–H and O–H groups in total. The van der Waals surface area contributed by atoms with E-state index in [9.17, 15) is 14.4 Å². The Labute approximate surface area is 288 Å². The average molecular weight is 674 g/mol. The van der Waals surface area contributed by atoms with Crippen molar-refractivity contribution in [3.63, 3.8) is 0 Å². The molecule has 1 aromatic heterocycles. The van der Waals surface area contributed by atoms with E-state index >= 15 is 0 Å². The molecule has 3 amide bonds. The molecule has 1 atom stereocenters. The Kier molecular flexibility index (Phi) is 10.6. The number of carbonyl (C=O) groups excluding carboxylic acids is 3. The third-order valence-electron chi connectivity index (χ3n) is 9.55. The van der Waals surface area contributed by atoms with Gasteiger partial charge in [-0.05, 0) is 127 Å². The fraction of sp³-hybridized carbons (Fsp3) is 0.543. The number of imide groups is 1. The van der Waals surface area contributed by atoms with E-state index in [0.29, 0.717) is 36.5 Å². The number of rotatable bonds is 9. The van der Waals surface area contributed by atoms with Crippen LogP contribution in [-0.4, -0.2) is 75.0 Å². The first kappa shape index (κ1) is 36.2. The Balaban J connectivity index is 1.30. The van der Waals surface area contributed by atoms with Gasteiger partial charge in [0.15, 0.2) is 0 Å². The van der Waals surface area contributed by atoms with Crippen LogP contribution in [0.25, 0.3) is 11.4 Å². The van der Waals surface area contributed by atoms with Gasteiger partial charge in [-0.2, -0.15) is 5.21 Å². The molecule has 2 aliphatic rings. The van der Waals surface area contributed by atoms with E-state index in [-0.39, 0.29) is 24.2 Å². The van der Waals surface area contributed by atoms with Gasteiger partial charge in [0, 0.05) is 18.0 Å². The van der Waals surface area contributed by atoms with Crippen LogP contribution in [0.4, 0.5) is 10.5 Å². The Morgan fingerprint density at radius 1 is 1.04 bits per heavy atom. The predicted molar refractivity (Wildman–Crippen MR) is 186 cm³/mol. The van der Waals surface area contributed by atoms with Crippen LogP contribution in [0.5, 0.6) is 0 Å². The zero-order valence-electron chi connectivity index (χ0n) is 29.5. The molecule has 0 radical (unpaired) electrons. The lowest BCUT2D eigenvalue weighted by Crippen LogP contribution is -2.50. The summed E-state index contributed by atoms with van der Waals surface area (Å²) >= 11 is 0. The van der Waals surface area contributed by atoms with Gasteiger partial charge in [-0.1, -0.05) is 24.3 Å². The highest BCUT2D eigenvalue weighted by molar-refractivity contribution is 6.62. The van der Waals surface area contributed by atoms with Crippen LogP contribution < -0.4 is 21.4 Å². The Bertz CT molecular complexity index is 1600. The van der Waals surface area contributed by atoms with Crippen molar-refractivity contribution in [3.8, 4) is 11.4 Å². The Hall–Kier alpha value is -4.14. The molecule has 1 saturated carbocycles. The molecule has 5 rings (SSSR count). The second-order valence-corrected chi connectivity index (χ2v) is 15.0. The molecule has 2 fully saturated rings. The summed E-state index contributed by atoms with van der Waals surface area (Å²) in [5, 5.41) is 16.9. The van der Waals surface area contributed by atoms with E-state index in [1.807, 2.05) is 72.7 Å². The van der Waals surface area contributed by atoms with Gasteiger partial charge in [0.1, 0.15) is 5.60 Å². The lowest BCUT2D eigenvalue weighted by atomic mass is 9.78. The molecule has 13 nitrogen and oxygen atoms in total. The molecule has 262 valence electrons. The third-order valence-corrected chi connectivity index (χ3v) is 9.55. The summed E-state index contributed by atoms with van der Waals surface area (Å²) in [6.45, 7) is 13.9. The summed E-state index contributed by atoms with van der Waals surface area (Å²) < 4.78 is 17.8. The normalized spacial score (nSPS) is 20.8. The van der Waals surface area contributed by atoms with E-state index < -0.39 is 42.0 Å². The number of hydrogen-bond donors (Lipinski definition) is 3. The van der Waals surface area contributed by atoms with Crippen molar-refractivity contribution < 1.29 is 28.4 Å². The van der Waals surface area contributed by atoms with Crippen molar-refractivity contribution in [2.45, 2.75) is 103 Å². The van der Waals surface area contributed by atoms with Gasteiger partial charge in [0.25, 0.3) is 5.91 Å². The molecular formula is C35H48BN7O6. The molecule has 49 heavy (non-hydrogen) atoms. The summed E-state index contributed by atoms with van der Waals surface area (Å²) in [4.78, 5) is 41.7. The van der Waals surface area contributed by atoms with Crippen LogP contribution in [-0.2, 0) is 30.1 Å². The van der Waals surface area contributed by atoms with Crippen LogP contribution in [0.2, 0.25) is 0 Å². The zero-order valence-corrected chi connectivity index (χ0v) is 29.5.